The Balaban J connectivity index is 2.19. The SMILES string of the molecule is Cc1cccc(CCC(=O)NCCCN=[N+]=[N-])c1. The number of azide groups is 1. The van der Waals surface area contributed by atoms with Crippen molar-refractivity contribution in [3.63, 3.8) is 0 Å². The highest BCUT2D eigenvalue weighted by Gasteiger charge is 2.01. The molecule has 0 radical (unpaired) electrons. The van der Waals surface area contributed by atoms with E-state index in [0.717, 1.165) is 6.42 Å². The second-order valence-corrected chi connectivity index (χ2v) is 4.15. The fourth-order valence-corrected chi connectivity index (χ4v) is 1.64. The largest absolute Gasteiger partial charge is 0.356 e. The van der Waals surface area contributed by atoms with Gasteiger partial charge in [-0.3, -0.25) is 4.79 Å². The van der Waals surface area contributed by atoms with Crippen LogP contribution in [0.15, 0.2) is 29.4 Å². The number of carbonyl (C=O) groups is 1. The molecule has 1 aromatic rings. The summed E-state index contributed by atoms with van der Waals surface area (Å²) in [6, 6.07) is 8.17. The molecule has 0 fully saturated rings. The van der Waals surface area contributed by atoms with Crippen molar-refractivity contribution in [3.8, 4) is 0 Å². The van der Waals surface area contributed by atoms with Crippen LogP contribution in [0.5, 0.6) is 0 Å². The predicted octanol–water partition coefficient (Wildman–Crippen LogP) is 2.74. The van der Waals surface area contributed by atoms with Crippen LogP contribution in [-0.4, -0.2) is 19.0 Å². The van der Waals surface area contributed by atoms with E-state index in [1.807, 2.05) is 25.1 Å². The van der Waals surface area contributed by atoms with Gasteiger partial charge in [0.05, 0.1) is 0 Å². The van der Waals surface area contributed by atoms with E-state index in [1.54, 1.807) is 0 Å². The van der Waals surface area contributed by atoms with Crippen LogP contribution in [0.3, 0.4) is 0 Å². The molecule has 1 rings (SSSR count). The summed E-state index contributed by atoms with van der Waals surface area (Å²) in [4.78, 5) is 14.2. The summed E-state index contributed by atoms with van der Waals surface area (Å²) >= 11 is 0. The minimum absolute atomic E-state index is 0.0393. The van der Waals surface area contributed by atoms with E-state index in [-0.39, 0.29) is 5.91 Å². The van der Waals surface area contributed by atoms with Gasteiger partial charge < -0.3 is 5.32 Å². The Morgan fingerprint density at radius 3 is 3.06 bits per heavy atom. The van der Waals surface area contributed by atoms with Gasteiger partial charge in [0.25, 0.3) is 0 Å². The zero-order chi connectivity index (χ0) is 13.2. The first kappa shape index (κ1) is 14.1. The van der Waals surface area contributed by atoms with Crippen molar-refractivity contribution in [1.29, 1.82) is 0 Å². The molecular formula is C13H18N4O. The molecular weight excluding hydrogens is 228 g/mol. The number of benzene rings is 1. The lowest BCUT2D eigenvalue weighted by atomic mass is 10.1. The summed E-state index contributed by atoms with van der Waals surface area (Å²) in [5.74, 6) is 0.0393. The molecule has 18 heavy (non-hydrogen) atoms. The van der Waals surface area contributed by atoms with Gasteiger partial charge in [-0.2, -0.15) is 0 Å². The normalized spacial score (nSPS) is 9.61. The average molecular weight is 246 g/mol. The summed E-state index contributed by atoms with van der Waals surface area (Å²) in [5.41, 5.74) is 10.5. The molecule has 1 N–H and O–H groups in total. The van der Waals surface area contributed by atoms with Crippen LogP contribution in [0.2, 0.25) is 0 Å². The number of nitrogens with zero attached hydrogens (tertiary/aromatic N) is 3. The van der Waals surface area contributed by atoms with Gasteiger partial charge in [-0.1, -0.05) is 34.9 Å². The van der Waals surface area contributed by atoms with Crippen LogP contribution in [-0.2, 0) is 11.2 Å². The van der Waals surface area contributed by atoms with Gasteiger partial charge in [-0.15, -0.1) is 0 Å². The Bertz CT molecular complexity index is 438. The monoisotopic (exact) mass is 246 g/mol. The maximum Gasteiger partial charge on any atom is 0.220 e. The van der Waals surface area contributed by atoms with E-state index in [4.69, 9.17) is 5.53 Å². The smallest absolute Gasteiger partial charge is 0.220 e. The Morgan fingerprint density at radius 2 is 2.33 bits per heavy atom. The van der Waals surface area contributed by atoms with E-state index in [1.165, 1.54) is 11.1 Å². The zero-order valence-electron chi connectivity index (χ0n) is 10.6. The summed E-state index contributed by atoms with van der Waals surface area (Å²) in [5, 5.41) is 6.21. The van der Waals surface area contributed by atoms with Crippen molar-refractivity contribution < 1.29 is 4.79 Å². The van der Waals surface area contributed by atoms with Crippen molar-refractivity contribution in [1.82, 2.24) is 5.32 Å². The summed E-state index contributed by atoms with van der Waals surface area (Å²) in [6.07, 6.45) is 1.93. The minimum atomic E-state index is 0.0393. The average Bonchev–Trinajstić information content (AvgIpc) is 2.36. The molecule has 0 atom stereocenters. The van der Waals surface area contributed by atoms with Gasteiger partial charge in [-0.25, -0.2) is 0 Å². The van der Waals surface area contributed by atoms with Crippen molar-refractivity contribution in [2.45, 2.75) is 26.2 Å². The molecule has 0 aliphatic rings. The molecule has 0 aliphatic carbocycles. The lowest BCUT2D eigenvalue weighted by Gasteiger charge is -2.04. The molecule has 1 aromatic carbocycles. The van der Waals surface area contributed by atoms with Gasteiger partial charge in [0, 0.05) is 24.4 Å². The van der Waals surface area contributed by atoms with Gasteiger partial charge >= 0.3 is 0 Å². The van der Waals surface area contributed by atoms with Crippen LogP contribution in [0, 0.1) is 6.92 Å². The molecule has 0 unspecified atom stereocenters. The zero-order valence-corrected chi connectivity index (χ0v) is 10.6. The molecule has 0 saturated carbocycles. The van der Waals surface area contributed by atoms with Crippen molar-refractivity contribution in [2.75, 3.05) is 13.1 Å². The first-order chi connectivity index (χ1) is 8.72. The van der Waals surface area contributed by atoms with Crippen LogP contribution in [0.25, 0.3) is 10.4 Å². The second-order valence-electron chi connectivity index (χ2n) is 4.15. The third kappa shape index (κ3) is 5.92. The fourth-order valence-electron chi connectivity index (χ4n) is 1.64. The van der Waals surface area contributed by atoms with Crippen LogP contribution in [0.1, 0.15) is 24.0 Å². The molecule has 0 aliphatic heterocycles. The maximum atomic E-state index is 11.5. The van der Waals surface area contributed by atoms with Crippen LogP contribution >= 0.6 is 0 Å². The minimum Gasteiger partial charge on any atom is -0.356 e. The molecule has 96 valence electrons. The summed E-state index contributed by atoms with van der Waals surface area (Å²) < 4.78 is 0. The number of carbonyl (C=O) groups excluding carboxylic acids is 1. The first-order valence-electron chi connectivity index (χ1n) is 6.05. The third-order valence-electron chi connectivity index (χ3n) is 2.54. The summed E-state index contributed by atoms with van der Waals surface area (Å²) in [6.45, 7) is 3.03. The second kappa shape index (κ2) is 8.14. The van der Waals surface area contributed by atoms with Crippen LogP contribution < -0.4 is 5.32 Å². The molecule has 1 amide bonds. The van der Waals surface area contributed by atoms with E-state index >= 15 is 0 Å². The van der Waals surface area contributed by atoms with Crippen molar-refractivity contribution >= 4 is 5.91 Å². The van der Waals surface area contributed by atoms with Gasteiger partial charge in [0.2, 0.25) is 5.91 Å². The molecule has 0 aromatic heterocycles. The predicted molar refractivity (Wildman–Crippen MR) is 71.1 cm³/mol. The molecule has 5 nitrogen and oxygen atoms in total. The molecule has 5 heteroatoms. The van der Waals surface area contributed by atoms with Gasteiger partial charge in [0.15, 0.2) is 0 Å². The van der Waals surface area contributed by atoms with Gasteiger partial charge in [-0.05, 0) is 30.9 Å². The highest BCUT2D eigenvalue weighted by Crippen LogP contribution is 2.06. The lowest BCUT2D eigenvalue weighted by molar-refractivity contribution is -0.121. The topological polar surface area (TPSA) is 77.9 Å². The first-order valence-corrected chi connectivity index (χ1v) is 6.05. The fraction of sp³-hybridized carbons (Fsp3) is 0.462. The van der Waals surface area contributed by atoms with Crippen LogP contribution in [0.4, 0.5) is 0 Å². The maximum absolute atomic E-state index is 11.5. The Kier molecular flexibility index (Phi) is 6.36. The van der Waals surface area contributed by atoms with E-state index in [0.29, 0.717) is 25.9 Å². The number of rotatable bonds is 7. The highest BCUT2D eigenvalue weighted by molar-refractivity contribution is 5.76. The van der Waals surface area contributed by atoms with E-state index in [2.05, 4.69) is 21.4 Å². The van der Waals surface area contributed by atoms with Crippen molar-refractivity contribution in [2.24, 2.45) is 5.11 Å². The number of hydrogen-bond donors (Lipinski definition) is 1. The third-order valence-corrected chi connectivity index (χ3v) is 2.54. The Hall–Kier alpha value is -2.00. The molecule has 0 saturated heterocycles. The number of nitrogens with one attached hydrogen (secondary N) is 1. The van der Waals surface area contributed by atoms with Gasteiger partial charge in [0.1, 0.15) is 0 Å². The van der Waals surface area contributed by atoms with Crippen molar-refractivity contribution in [3.05, 3.63) is 45.8 Å². The summed E-state index contributed by atoms with van der Waals surface area (Å²) in [7, 11) is 0. The standard InChI is InChI=1S/C13H18N4O/c1-11-4-2-5-12(10-11)6-7-13(18)15-8-3-9-16-17-14/h2,4-5,10H,3,6-9H2,1H3,(H,15,18). The quantitative estimate of drug-likeness (QED) is 0.341. The molecule has 0 heterocycles. The lowest BCUT2D eigenvalue weighted by Crippen LogP contribution is -2.25. The Labute approximate surface area is 107 Å². The van der Waals surface area contributed by atoms with E-state index < -0.39 is 0 Å². The van der Waals surface area contributed by atoms with E-state index in [9.17, 15) is 4.79 Å². The Morgan fingerprint density at radius 1 is 1.50 bits per heavy atom. The number of aryl methyl sites for hydroxylation is 2. The number of amides is 1. The molecule has 0 bridgehead atoms. The number of hydrogen-bond acceptors (Lipinski definition) is 2. The molecule has 0 spiro atoms. The highest BCUT2D eigenvalue weighted by atomic mass is 16.1.